The zero-order chi connectivity index (χ0) is 18.0. The summed E-state index contributed by atoms with van der Waals surface area (Å²) in [4.78, 5) is 12.6. The fraction of sp³-hybridized carbons (Fsp3) is 0.632. The number of fused-ring (bicyclic) bond motifs is 2. The van der Waals surface area contributed by atoms with Crippen molar-refractivity contribution >= 4 is 28.2 Å². The van der Waals surface area contributed by atoms with Crippen molar-refractivity contribution in [3.8, 4) is 0 Å². The fourth-order valence-electron chi connectivity index (χ4n) is 4.47. The summed E-state index contributed by atoms with van der Waals surface area (Å²) in [6.07, 6.45) is 6.57. The van der Waals surface area contributed by atoms with E-state index in [1.54, 1.807) is 6.07 Å². The second-order valence-electron chi connectivity index (χ2n) is 7.80. The minimum Gasteiger partial charge on any atom is -0.352 e. The maximum absolute atomic E-state index is 12.6. The summed E-state index contributed by atoms with van der Waals surface area (Å²) in [5.74, 6) is 1.17. The molecule has 26 heavy (non-hydrogen) atoms. The van der Waals surface area contributed by atoms with E-state index in [9.17, 15) is 13.2 Å². The van der Waals surface area contributed by atoms with Gasteiger partial charge in [-0.1, -0.05) is 30.7 Å². The minimum atomic E-state index is -3.06. The van der Waals surface area contributed by atoms with E-state index in [2.05, 4.69) is 5.32 Å². The summed E-state index contributed by atoms with van der Waals surface area (Å²) in [5.41, 5.74) is 7.99. The predicted octanol–water partition coefficient (Wildman–Crippen LogP) is 2.42. The zero-order valence-corrected chi connectivity index (χ0v) is 16.8. The normalized spacial score (nSPS) is 28.1. The Kier molecular flexibility index (Phi) is 7.11. The molecule has 146 valence electrons. The molecule has 2 aliphatic carbocycles. The number of carbonyl (C=O) groups is 1. The third-order valence-electron chi connectivity index (χ3n) is 5.67. The van der Waals surface area contributed by atoms with E-state index in [1.807, 2.05) is 18.2 Å². The Hall–Kier alpha value is -1.11. The number of benzene rings is 1. The van der Waals surface area contributed by atoms with Gasteiger partial charge in [0.2, 0.25) is 5.91 Å². The van der Waals surface area contributed by atoms with Crippen molar-refractivity contribution in [2.24, 2.45) is 23.5 Å². The van der Waals surface area contributed by atoms with Crippen molar-refractivity contribution in [3.63, 3.8) is 0 Å². The van der Waals surface area contributed by atoms with Gasteiger partial charge in [-0.2, -0.15) is 0 Å². The number of carbonyl (C=O) groups excluding carboxylic acids is 1. The molecule has 5 nitrogen and oxygen atoms in total. The molecule has 0 aromatic heterocycles. The number of hydrogen-bond donors (Lipinski definition) is 2. The van der Waals surface area contributed by atoms with Gasteiger partial charge >= 0.3 is 0 Å². The van der Waals surface area contributed by atoms with E-state index >= 15 is 0 Å². The lowest BCUT2D eigenvalue weighted by atomic mass is 9.65. The molecule has 0 heterocycles. The number of nitrogens with two attached hydrogens (primary N) is 1. The summed E-state index contributed by atoms with van der Waals surface area (Å²) in [6.45, 7) is 0.439. The molecule has 1 aromatic rings. The molecule has 0 saturated heterocycles. The van der Waals surface area contributed by atoms with Crippen LogP contribution in [0.4, 0.5) is 0 Å². The van der Waals surface area contributed by atoms with E-state index in [0.29, 0.717) is 18.4 Å². The smallest absolute Gasteiger partial charge is 0.223 e. The van der Waals surface area contributed by atoms with E-state index in [4.69, 9.17) is 5.73 Å². The van der Waals surface area contributed by atoms with Gasteiger partial charge in [-0.3, -0.25) is 4.79 Å². The standard InChI is InChI=1S/C19H28N2O3S.ClH/c1-25(23,24)12-14-5-2-4-13(8-14)11-21-19(22)17-9-15-6-3-7-16(10-17)18(15)20;/h2,4-5,8,15-18H,3,6-7,9-12,20H2,1H3,(H,21,22);1H. The summed E-state index contributed by atoms with van der Waals surface area (Å²) >= 11 is 0. The third kappa shape index (κ3) is 5.44. The first-order valence-corrected chi connectivity index (χ1v) is 11.2. The van der Waals surface area contributed by atoms with Gasteiger partial charge in [0.25, 0.3) is 0 Å². The number of halogens is 1. The maximum atomic E-state index is 12.6. The lowest BCUT2D eigenvalue weighted by Crippen LogP contribution is -2.49. The SMILES string of the molecule is CS(=O)(=O)Cc1cccc(CNC(=O)C2CC3CCCC(C2)C3N)c1.Cl. The second-order valence-corrected chi connectivity index (χ2v) is 9.94. The van der Waals surface area contributed by atoms with Gasteiger partial charge < -0.3 is 11.1 Å². The molecule has 0 spiro atoms. The number of hydrogen-bond acceptors (Lipinski definition) is 4. The van der Waals surface area contributed by atoms with Crippen LogP contribution < -0.4 is 11.1 Å². The molecule has 0 aliphatic heterocycles. The predicted molar refractivity (Wildman–Crippen MR) is 106 cm³/mol. The van der Waals surface area contributed by atoms with E-state index in [1.165, 1.54) is 12.7 Å². The quantitative estimate of drug-likeness (QED) is 0.794. The van der Waals surface area contributed by atoms with Gasteiger partial charge in [0, 0.05) is 24.8 Å². The second kappa shape index (κ2) is 8.72. The van der Waals surface area contributed by atoms with Crippen LogP contribution in [0, 0.1) is 17.8 Å². The molecule has 2 unspecified atom stereocenters. The lowest BCUT2D eigenvalue weighted by molar-refractivity contribution is -0.128. The van der Waals surface area contributed by atoms with Crippen LogP contribution in [-0.2, 0) is 26.9 Å². The van der Waals surface area contributed by atoms with Gasteiger partial charge in [-0.15, -0.1) is 12.4 Å². The molecule has 2 bridgehead atoms. The number of sulfone groups is 1. The van der Waals surface area contributed by atoms with Crippen LogP contribution in [0.3, 0.4) is 0 Å². The molecule has 7 heteroatoms. The molecule has 1 amide bonds. The van der Waals surface area contributed by atoms with Crippen LogP contribution in [0.25, 0.3) is 0 Å². The van der Waals surface area contributed by atoms with Gasteiger partial charge in [0.1, 0.15) is 0 Å². The molecule has 2 saturated carbocycles. The van der Waals surface area contributed by atoms with Crippen LogP contribution in [-0.4, -0.2) is 26.6 Å². The van der Waals surface area contributed by atoms with Crippen molar-refractivity contribution in [2.45, 2.75) is 50.4 Å². The highest BCUT2D eigenvalue weighted by Crippen LogP contribution is 2.41. The zero-order valence-electron chi connectivity index (χ0n) is 15.2. The Bertz CT molecular complexity index is 724. The van der Waals surface area contributed by atoms with Crippen molar-refractivity contribution in [3.05, 3.63) is 35.4 Å². The first kappa shape index (κ1) is 21.2. The number of amides is 1. The first-order valence-electron chi connectivity index (χ1n) is 9.10. The molecule has 2 aliphatic rings. The van der Waals surface area contributed by atoms with Gasteiger partial charge in [-0.25, -0.2) is 8.42 Å². The topological polar surface area (TPSA) is 89.3 Å². The van der Waals surface area contributed by atoms with Crippen LogP contribution in [0.2, 0.25) is 0 Å². The average Bonchev–Trinajstić information content (AvgIpc) is 2.51. The van der Waals surface area contributed by atoms with E-state index < -0.39 is 9.84 Å². The summed E-state index contributed by atoms with van der Waals surface area (Å²) in [6, 6.07) is 7.68. The number of nitrogens with one attached hydrogen (secondary N) is 1. The highest BCUT2D eigenvalue weighted by Gasteiger charge is 2.40. The van der Waals surface area contributed by atoms with Gasteiger partial charge in [0.15, 0.2) is 9.84 Å². The van der Waals surface area contributed by atoms with Crippen LogP contribution in [0.5, 0.6) is 0 Å². The highest BCUT2D eigenvalue weighted by atomic mass is 35.5. The largest absolute Gasteiger partial charge is 0.352 e. The molecule has 0 radical (unpaired) electrons. The molecule has 1 aromatic carbocycles. The third-order valence-corrected chi connectivity index (χ3v) is 6.53. The van der Waals surface area contributed by atoms with Crippen molar-refractivity contribution < 1.29 is 13.2 Å². The number of rotatable bonds is 5. The first-order chi connectivity index (χ1) is 11.8. The Labute approximate surface area is 162 Å². The molecule has 2 fully saturated rings. The Morgan fingerprint density at radius 2 is 1.81 bits per heavy atom. The molecule has 3 rings (SSSR count). The van der Waals surface area contributed by atoms with E-state index in [0.717, 1.165) is 36.8 Å². The van der Waals surface area contributed by atoms with Crippen LogP contribution in [0.1, 0.15) is 43.2 Å². The Morgan fingerprint density at radius 1 is 1.19 bits per heavy atom. The van der Waals surface area contributed by atoms with Crippen molar-refractivity contribution in [1.82, 2.24) is 5.32 Å². The molecular weight excluding hydrogens is 372 g/mol. The van der Waals surface area contributed by atoms with Crippen LogP contribution >= 0.6 is 12.4 Å². The monoisotopic (exact) mass is 400 g/mol. The average molecular weight is 401 g/mol. The van der Waals surface area contributed by atoms with Crippen molar-refractivity contribution in [1.29, 1.82) is 0 Å². The molecule has 2 atom stereocenters. The molecule has 3 N–H and O–H groups in total. The summed E-state index contributed by atoms with van der Waals surface area (Å²) < 4.78 is 22.9. The van der Waals surface area contributed by atoms with Gasteiger partial charge in [-0.05, 0) is 48.6 Å². The summed E-state index contributed by atoms with van der Waals surface area (Å²) in [5, 5.41) is 3.03. The highest BCUT2D eigenvalue weighted by molar-refractivity contribution is 7.89. The maximum Gasteiger partial charge on any atom is 0.223 e. The van der Waals surface area contributed by atoms with Crippen molar-refractivity contribution in [2.75, 3.05) is 6.26 Å². The van der Waals surface area contributed by atoms with Gasteiger partial charge in [0.05, 0.1) is 5.75 Å². The Balaban J connectivity index is 0.00000243. The molecular formula is C19H29ClN2O3S. The summed E-state index contributed by atoms with van der Waals surface area (Å²) in [7, 11) is -3.06. The van der Waals surface area contributed by atoms with Crippen LogP contribution in [0.15, 0.2) is 24.3 Å². The minimum absolute atomic E-state index is 0. The lowest BCUT2D eigenvalue weighted by Gasteiger charge is -2.43. The fourth-order valence-corrected chi connectivity index (χ4v) is 5.25. The van der Waals surface area contributed by atoms with E-state index in [-0.39, 0.29) is 36.0 Å². The Morgan fingerprint density at radius 3 is 2.42 bits per heavy atom.